The van der Waals surface area contributed by atoms with E-state index < -0.39 is 0 Å². The summed E-state index contributed by atoms with van der Waals surface area (Å²) in [7, 11) is 6.10. The molecule has 0 amide bonds. The number of carbonyl (C=O) groups excluding carboxylic acids is 1. The molecule has 0 atom stereocenters. The first-order chi connectivity index (χ1) is 9.65. The van der Waals surface area contributed by atoms with E-state index in [1.165, 1.54) is 0 Å². The fraction of sp³-hybridized carbons (Fsp3) is 0.588. The SMILES string of the molecule is CN(C)CCN(C)Cc1cc(C=O)cc(C(C)(C)C)c1O. The number of likely N-dealkylation sites (N-methyl/N-ethyl adjacent to an activating group) is 2. The number of hydrogen-bond donors (Lipinski definition) is 1. The van der Waals surface area contributed by atoms with Crippen molar-refractivity contribution in [2.75, 3.05) is 34.2 Å². The second-order valence-corrected chi connectivity index (χ2v) is 6.99. The lowest BCUT2D eigenvalue weighted by Crippen LogP contribution is -2.28. The molecule has 0 saturated carbocycles. The molecular formula is C17H28N2O2. The number of phenolic OH excluding ortho intramolecular Hbond substituents is 1. The fourth-order valence-electron chi connectivity index (χ4n) is 2.22. The van der Waals surface area contributed by atoms with Crippen LogP contribution in [0.1, 0.15) is 42.3 Å². The van der Waals surface area contributed by atoms with Crippen molar-refractivity contribution in [2.24, 2.45) is 0 Å². The van der Waals surface area contributed by atoms with Crippen LogP contribution in [-0.2, 0) is 12.0 Å². The molecule has 0 saturated heterocycles. The summed E-state index contributed by atoms with van der Waals surface area (Å²) in [6.07, 6.45) is 0.845. The highest BCUT2D eigenvalue weighted by molar-refractivity contribution is 5.76. The van der Waals surface area contributed by atoms with Crippen LogP contribution in [0.3, 0.4) is 0 Å². The Hall–Kier alpha value is -1.39. The Balaban J connectivity index is 3.03. The molecule has 0 radical (unpaired) electrons. The number of phenols is 1. The molecule has 0 aliphatic carbocycles. The summed E-state index contributed by atoms with van der Waals surface area (Å²) in [5, 5.41) is 10.5. The van der Waals surface area contributed by atoms with Crippen LogP contribution in [0.15, 0.2) is 12.1 Å². The maximum atomic E-state index is 11.1. The zero-order chi connectivity index (χ0) is 16.2. The predicted molar refractivity (Wildman–Crippen MR) is 87.1 cm³/mol. The molecule has 4 heteroatoms. The van der Waals surface area contributed by atoms with Gasteiger partial charge in [0.25, 0.3) is 0 Å². The van der Waals surface area contributed by atoms with Gasteiger partial charge in [-0.05, 0) is 38.7 Å². The molecule has 1 N–H and O–H groups in total. The van der Waals surface area contributed by atoms with Gasteiger partial charge in [-0.3, -0.25) is 4.79 Å². The van der Waals surface area contributed by atoms with Crippen molar-refractivity contribution in [3.05, 3.63) is 28.8 Å². The van der Waals surface area contributed by atoms with Gasteiger partial charge in [-0.25, -0.2) is 0 Å². The number of nitrogens with zero attached hydrogens (tertiary/aromatic N) is 2. The molecule has 21 heavy (non-hydrogen) atoms. The van der Waals surface area contributed by atoms with Gasteiger partial charge in [-0.15, -0.1) is 0 Å². The van der Waals surface area contributed by atoms with E-state index in [0.717, 1.165) is 30.5 Å². The quantitative estimate of drug-likeness (QED) is 0.818. The summed E-state index contributed by atoms with van der Waals surface area (Å²) >= 11 is 0. The average Bonchev–Trinajstić information content (AvgIpc) is 2.37. The standard InChI is InChI=1S/C17H28N2O2/c1-17(2,3)15-10-13(12-20)9-14(16(15)21)11-19(6)8-7-18(4)5/h9-10,12,21H,7-8,11H2,1-6H3. The van der Waals surface area contributed by atoms with Crippen molar-refractivity contribution in [3.63, 3.8) is 0 Å². The van der Waals surface area contributed by atoms with Crippen LogP contribution in [0.25, 0.3) is 0 Å². The minimum absolute atomic E-state index is 0.194. The van der Waals surface area contributed by atoms with Gasteiger partial charge in [0, 0.05) is 36.3 Å². The minimum atomic E-state index is -0.194. The highest BCUT2D eigenvalue weighted by Crippen LogP contribution is 2.34. The van der Waals surface area contributed by atoms with Crippen molar-refractivity contribution in [3.8, 4) is 5.75 Å². The molecule has 0 aliphatic rings. The fourth-order valence-corrected chi connectivity index (χ4v) is 2.22. The first-order valence-electron chi connectivity index (χ1n) is 7.30. The molecule has 0 bridgehead atoms. The summed E-state index contributed by atoms with van der Waals surface area (Å²) in [5.41, 5.74) is 2.06. The van der Waals surface area contributed by atoms with Gasteiger partial charge < -0.3 is 14.9 Å². The van der Waals surface area contributed by atoms with Crippen molar-refractivity contribution < 1.29 is 9.90 Å². The predicted octanol–water partition coefficient (Wildman–Crippen LogP) is 2.50. The van der Waals surface area contributed by atoms with Crippen LogP contribution in [0.5, 0.6) is 5.75 Å². The lowest BCUT2D eigenvalue weighted by molar-refractivity contribution is 0.112. The third kappa shape index (κ3) is 5.14. The minimum Gasteiger partial charge on any atom is -0.507 e. The molecule has 1 rings (SSSR count). The lowest BCUT2D eigenvalue weighted by atomic mass is 9.84. The maximum Gasteiger partial charge on any atom is 0.150 e. The molecule has 0 fully saturated rings. The molecule has 0 heterocycles. The first kappa shape index (κ1) is 17.7. The van der Waals surface area contributed by atoms with Gasteiger partial charge in [0.05, 0.1) is 0 Å². The van der Waals surface area contributed by atoms with Gasteiger partial charge >= 0.3 is 0 Å². The van der Waals surface area contributed by atoms with E-state index in [-0.39, 0.29) is 5.41 Å². The number of hydrogen-bond acceptors (Lipinski definition) is 4. The van der Waals surface area contributed by atoms with E-state index >= 15 is 0 Å². The molecule has 0 spiro atoms. The normalized spacial score (nSPS) is 12.2. The van der Waals surface area contributed by atoms with Gasteiger partial charge in [-0.1, -0.05) is 20.8 Å². The number of aldehydes is 1. The number of benzene rings is 1. The summed E-state index contributed by atoms with van der Waals surface area (Å²) in [5.74, 6) is 0.310. The van der Waals surface area contributed by atoms with E-state index in [4.69, 9.17) is 0 Å². The van der Waals surface area contributed by atoms with E-state index in [0.29, 0.717) is 17.9 Å². The van der Waals surface area contributed by atoms with Crippen LogP contribution in [0.2, 0.25) is 0 Å². The molecule has 0 aromatic heterocycles. The van der Waals surface area contributed by atoms with Crippen LogP contribution in [0.4, 0.5) is 0 Å². The Labute approximate surface area is 128 Å². The van der Waals surface area contributed by atoms with E-state index in [1.54, 1.807) is 12.1 Å². The molecular weight excluding hydrogens is 264 g/mol. The van der Waals surface area contributed by atoms with Crippen molar-refractivity contribution in [1.82, 2.24) is 9.80 Å². The van der Waals surface area contributed by atoms with Gasteiger partial charge in [0.1, 0.15) is 12.0 Å². The number of aromatic hydroxyl groups is 1. The van der Waals surface area contributed by atoms with Crippen LogP contribution in [-0.4, -0.2) is 55.4 Å². The summed E-state index contributed by atoms with van der Waals surface area (Å²) in [6.45, 7) is 8.60. The largest absolute Gasteiger partial charge is 0.507 e. The summed E-state index contributed by atoms with van der Waals surface area (Å²) in [4.78, 5) is 15.4. The second-order valence-electron chi connectivity index (χ2n) is 6.99. The van der Waals surface area contributed by atoms with Crippen molar-refractivity contribution in [2.45, 2.75) is 32.7 Å². The summed E-state index contributed by atoms with van der Waals surface area (Å²) < 4.78 is 0. The zero-order valence-corrected chi connectivity index (χ0v) is 14.1. The Kier molecular flexibility index (Phi) is 5.93. The maximum absolute atomic E-state index is 11.1. The smallest absolute Gasteiger partial charge is 0.150 e. The van der Waals surface area contributed by atoms with Crippen molar-refractivity contribution in [1.29, 1.82) is 0 Å². The van der Waals surface area contributed by atoms with Crippen LogP contribution in [0, 0.1) is 0 Å². The van der Waals surface area contributed by atoms with Crippen molar-refractivity contribution >= 4 is 6.29 Å². The molecule has 1 aromatic carbocycles. The monoisotopic (exact) mass is 292 g/mol. The van der Waals surface area contributed by atoms with Crippen LogP contribution < -0.4 is 0 Å². The average molecular weight is 292 g/mol. The third-order valence-corrected chi connectivity index (χ3v) is 3.52. The highest BCUT2D eigenvalue weighted by Gasteiger charge is 2.21. The Bertz CT molecular complexity index is 490. The van der Waals surface area contributed by atoms with E-state index in [2.05, 4.69) is 9.80 Å². The molecule has 0 unspecified atom stereocenters. The third-order valence-electron chi connectivity index (χ3n) is 3.52. The topological polar surface area (TPSA) is 43.8 Å². The van der Waals surface area contributed by atoms with Gasteiger partial charge in [-0.2, -0.15) is 0 Å². The zero-order valence-electron chi connectivity index (χ0n) is 14.1. The highest BCUT2D eigenvalue weighted by atomic mass is 16.3. The lowest BCUT2D eigenvalue weighted by Gasteiger charge is -2.25. The van der Waals surface area contributed by atoms with E-state index in [1.807, 2.05) is 41.9 Å². The van der Waals surface area contributed by atoms with E-state index in [9.17, 15) is 9.90 Å². The number of carbonyl (C=O) groups is 1. The molecule has 1 aromatic rings. The van der Waals surface area contributed by atoms with Crippen LogP contribution >= 0.6 is 0 Å². The Morgan fingerprint density at radius 3 is 2.24 bits per heavy atom. The molecule has 4 nitrogen and oxygen atoms in total. The van der Waals surface area contributed by atoms with Gasteiger partial charge in [0.2, 0.25) is 0 Å². The molecule has 118 valence electrons. The Morgan fingerprint density at radius 1 is 1.14 bits per heavy atom. The first-order valence-corrected chi connectivity index (χ1v) is 7.30. The Morgan fingerprint density at radius 2 is 1.76 bits per heavy atom. The van der Waals surface area contributed by atoms with Gasteiger partial charge in [0.15, 0.2) is 0 Å². The second kappa shape index (κ2) is 7.05. The molecule has 0 aliphatic heterocycles. The number of rotatable bonds is 6. The summed E-state index contributed by atoms with van der Waals surface area (Å²) in [6, 6.07) is 3.56.